The van der Waals surface area contributed by atoms with Crippen molar-refractivity contribution in [2.24, 2.45) is 5.73 Å². The molecule has 1 aromatic rings. The van der Waals surface area contributed by atoms with Gasteiger partial charge in [0.05, 0.1) is 4.90 Å². The summed E-state index contributed by atoms with van der Waals surface area (Å²) >= 11 is 1.76. The normalized spacial score (nSPS) is 17.5. The van der Waals surface area contributed by atoms with Crippen LogP contribution in [0.15, 0.2) is 17.0 Å². The molecule has 0 amide bonds. The third-order valence-electron chi connectivity index (χ3n) is 4.43. The molecule has 0 atom stereocenters. The van der Waals surface area contributed by atoms with Gasteiger partial charge in [0.15, 0.2) is 0 Å². The Morgan fingerprint density at radius 2 is 1.95 bits per heavy atom. The molecule has 0 unspecified atom stereocenters. The van der Waals surface area contributed by atoms with Crippen LogP contribution in [-0.4, -0.2) is 26.0 Å². The second-order valence-corrected chi connectivity index (χ2v) is 8.82. The molecule has 0 saturated heterocycles. The van der Waals surface area contributed by atoms with Crippen molar-refractivity contribution >= 4 is 21.8 Å². The van der Waals surface area contributed by atoms with E-state index < -0.39 is 10.0 Å². The van der Waals surface area contributed by atoms with Gasteiger partial charge in [-0.25, -0.2) is 13.1 Å². The van der Waals surface area contributed by atoms with E-state index in [1.165, 1.54) is 6.42 Å². The summed E-state index contributed by atoms with van der Waals surface area (Å²) in [4.78, 5) is 0.351. The molecule has 21 heavy (non-hydrogen) atoms. The molecule has 118 valence electrons. The number of nitrogens with two attached hydrogens (primary N) is 1. The fourth-order valence-corrected chi connectivity index (χ4v) is 5.12. The van der Waals surface area contributed by atoms with Crippen LogP contribution in [0.5, 0.6) is 0 Å². The molecule has 4 nitrogen and oxygen atoms in total. The van der Waals surface area contributed by atoms with Crippen molar-refractivity contribution in [3.8, 4) is 0 Å². The van der Waals surface area contributed by atoms with Crippen molar-refractivity contribution in [2.75, 3.05) is 12.8 Å². The SMILES string of the molecule is CSC1(CNS(=O)(=O)c2cc(CN)c(C)cc2C)CCC1. The fraction of sp³-hybridized carbons (Fsp3) is 0.600. The first kappa shape index (κ1) is 16.8. The zero-order valence-electron chi connectivity index (χ0n) is 12.9. The van der Waals surface area contributed by atoms with Gasteiger partial charge in [-0.1, -0.05) is 12.5 Å². The monoisotopic (exact) mass is 328 g/mol. The largest absolute Gasteiger partial charge is 0.326 e. The summed E-state index contributed by atoms with van der Waals surface area (Å²) in [7, 11) is -3.48. The van der Waals surface area contributed by atoms with Crippen molar-refractivity contribution in [3.63, 3.8) is 0 Å². The minimum atomic E-state index is -3.48. The predicted molar refractivity (Wildman–Crippen MR) is 89.1 cm³/mol. The van der Waals surface area contributed by atoms with Gasteiger partial charge in [-0.3, -0.25) is 0 Å². The van der Waals surface area contributed by atoms with Gasteiger partial charge in [-0.2, -0.15) is 11.8 Å². The van der Waals surface area contributed by atoms with Gasteiger partial charge >= 0.3 is 0 Å². The lowest BCUT2D eigenvalue weighted by Gasteiger charge is -2.40. The average Bonchev–Trinajstić information content (AvgIpc) is 2.37. The zero-order valence-corrected chi connectivity index (χ0v) is 14.5. The summed E-state index contributed by atoms with van der Waals surface area (Å²) in [6.07, 6.45) is 5.40. The molecule has 3 N–H and O–H groups in total. The number of thioether (sulfide) groups is 1. The number of rotatable bonds is 6. The van der Waals surface area contributed by atoms with Gasteiger partial charge in [-0.05, 0) is 55.7 Å². The van der Waals surface area contributed by atoms with E-state index in [0.717, 1.165) is 29.5 Å². The van der Waals surface area contributed by atoms with Gasteiger partial charge in [-0.15, -0.1) is 0 Å². The fourth-order valence-electron chi connectivity index (χ4n) is 2.71. The number of aryl methyl sites for hydroxylation is 2. The molecule has 0 bridgehead atoms. The average molecular weight is 329 g/mol. The number of hydrogen-bond acceptors (Lipinski definition) is 4. The maximum absolute atomic E-state index is 12.6. The minimum absolute atomic E-state index is 0.0857. The third kappa shape index (κ3) is 3.44. The summed E-state index contributed by atoms with van der Waals surface area (Å²) in [5, 5.41) is 0. The molecule has 0 heterocycles. The third-order valence-corrected chi connectivity index (χ3v) is 7.39. The van der Waals surface area contributed by atoms with Gasteiger partial charge in [0.1, 0.15) is 0 Å². The molecule has 0 spiro atoms. The molecular weight excluding hydrogens is 304 g/mol. The molecule has 0 aliphatic heterocycles. The molecule has 1 aliphatic carbocycles. The van der Waals surface area contributed by atoms with E-state index in [2.05, 4.69) is 11.0 Å². The standard InChI is InChI=1S/C15H24N2O2S2/c1-11-7-12(2)14(8-13(11)9-16)21(18,19)17-10-15(20-3)5-4-6-15/h7-8,17H,4-6,9-10,16H2,1-3H3. The Hall–Kier alpha value is -0.560. The first-order valence-corrected chi connectivity index (χ1v) is 9.89. The number of sulfonamides is 1. The van der Waals surface area contributed by atoms with Crippen LogP contribution >= 0.6 is 11.8 Å². The van der Waals surface area contributed by atoms with Gasteiger partial charge in [0.2, 0.25) is 10.0 Å². The van der Waals surface area contributed by atoms with Crippen LogP contribution in [0.3, 0.4) is 0 Å². The molecule has 6 heteroatoms. The first-order valence-electron chi connectivity index (χ1n) is 7.18. The highest BCUT2D eigenvalue weighted by Gasteiger charge is 2.37. The lowest BCUT2D eigenvalue weighted by Crippen LogP contribution is -2.45. The highest BCUT2D eigenvalue weighted by atomic mass is 32.2. The highest BCUT2D eigenvalue weighted by molar-refractivity contribution is 8.00. The van der Waals surface area contributed by atoms with E-state index in [1.54, 1.807) is 17.8 Å². The smallest absolute Gasteiger partial charge is 0.240 e. The Morgan fingerprint density at radius 3 is 2.43 bits per heavy atom. The minimum Gasteiger partial charge on any atom is -0.326 e. The Labute approximate surface area is 131 Å². The van der Waals surface area contributed by atoms with Crippen molar-refractivity contribution in [1.82, 2.24) is 4.72 Å². The quantitative estimate of drug-likeness (QED) is 0.840. The maximum atomic E-state index is 12.6. The van der Waals surface area contributed by atoms with Crippen molar-refractivity contribution in [2.45, 2.75) is 49.3 Å². The molecule has 0 aromatic heterocycles. The van der Waals surface area contributed by atoms with Crippen LogP contribution in [0.25, 0.3) is 0 Å². The van der Waals surface area contributed by atoms with Crippen molar-refractivity contribution < 1.29 is 8.42 Å². The molecule has 1 fully saturated rings. The van der Waals surface area contributed by atoms with E-state index in [9.17, 15) is 8.42 Å². The summed E-state index contributed by atoms with van der Waals surface area (Å²) in [6.45, 7) is 4.64. The second kappa shape index (κ2) is 6.28. The second-order valence-electron chi connectivity index (χ2n) is 5.81. The van der Waals surface area contributed by atoms with Gasteiger partial charge in [0, 0.05) is 17.8 Å². The molecule has 0 radical (unpaired) electrons. The lowest BCUT2D eigenvalue weighted by atomic mass is 9.84. The predicted octanol–water partition coefficient (Wildman–Crippen LogP) is 2.33. The van der Waals surface area contributed by atoms with E-state index in [4.69, 9.17) is 5.73 Å². The van der Waals surface area contributed by atoms with Crippen molar-refractivity contribution in [3.05, 3.63) is 28.8 Å². The molecular formula is C15H24N2O2S2. The van der Waals surface area contributed by atoms with E-state index in [1.807, 2.05) is 19.9 Å². The highest BCUT2D eigenvalue weighted by Crippen LogP contribution is 2.42. The molecule has 1 saturated carbocycles. The first-order chi connectivity index (χ1) is 9.83. The van der Waals surface area contributed by atoms with Crippen LogP contribution in [-0.2, 0) is 16.6 Å². The van der Waals surface area contributed by atoms with Crippen LogP contribution in [0, 0.1) is 13.8 Å². The van der Waals surface area contributed by atoms with E-state index in [-0.39, 0.29) is 4.75 Å². The van der Waals surface area contributed by atoms with E-state index >= 15 is 0 Å². The van der Waals surface area contributed by atoms with Crippen molar-refractivity contribution in [1.29, 1.82) is 0 Å². The number of benzene rings is 1. The Kier molecular flexibility index (Phi) is 5.03. The lowest BCUT2D eigenvalue weighted by molar-refractivity contribution is 0.362. The van der Waals surface area contributed by atoms with E-state index in [0.29, 0.717) is 18.0 Å². The van der Waals surface area contributed by atoms with Crippen LogP contribution in [0.4, 0.5) is 0 Å². The molecule has 1 aromatic carbocycles. The van der Waals surface area contributed by atoms with Gasteiger partial charge < -0.3 is 5.73 Å². The molecule has 1 aliphatic rings. The van der Waals surface area contributed by atoms with Crippen LogP contribution in [0.1, 0.15) is 36.0 Å². The Bertz CT molecular complexity index is 617. The summed E-state index contributed by atoms with van der Waals surface area (Å²) in [5.74, 6) is 0. The summed E-state index contributed by atoms with van der Waals surface area (Å²) in [6, 6.07) is 3.60. The zero-order chi connectivity index (χ0) is 15.7. The maximum Gasteiger partial charge on any atom is 0.240 e. The Morgan fingerprint density at radius 1 is 1.29 bits per heavy atom. The van der Waals surface area contributed by atoms with Gasteiger partial charge in [0.25, 0.3) is 0 Å². The topological polar surface area (TPSA) is 72.2 Å². The van der Waals surface area contributed by atoms with Crippen LogP contribution < -0.4 is 10.5 Å². The number of nitrogens with one attached hydrogen (secondary N) is 1. The Balaban J connectivity index is 2.23. The summed E-state index contributed by atoms with van der Waals surface area (Å²) in [5.41, 5.74) is 8.37. The molecule has 2 rings (SSSR count). The summed E-state index contributed by atoms with van der Waals surface area (Å²) < 4.78 is 28.0. The number of hydrogen-bond donors (Lipinski definition) is 2. The van der Waals surface area contributed by atoms with Crippen LogP contribution in [0.2, 0.25) is 0 Å².